The lowest BCUT2D eigenvalue weighted by atomic mass is 9.80. The van der Waals surface area contributed by atoms with E-state index in [1.165, 1.54) is 0 Å². The summed E-state index contributed by atoms with van der Waals surface area (Å²) in [4.78, 5) is 35.7. The fraction of sp³-hybridized carbons (Fsp3) is 0.591. The summed E-state index contributed by atoms with van der Waals surface area (Å²) in [6.07, 6.45) is 7.04. The number of ether oxygens (including phenoxy) is 1. The number of fused-ring (bicyclic) bond motifs is 2. The van der Waals surface area contributed by atoms with Gasteiger partial charge < -0.3 is 20.1 Å². The maximum absolute atomic E-state index is 13.8. The summed E-state index contributed by atoms with van der Waals surface area (Å²) >= 11 is 0. The van der Waals surface area contributed by atoms with Crippen LogP contribution in [0.1, 0.15) is 50.9 Å². The standard InChI is InChI=1S/C22H29N7O3/c1-13-10-28(11-14(2)32-13)21-24-8-15(9-25-21)29-19-17(18(23-3)26-16(12-30)27-19)22(20(29)31)6-4-5-7-22/h8-9,13-14,30H,4-7,10-12H2,1-3H3,(H,23,26,27)/t13-,14+. The number of aromatic nitrogens is 4. The number of carbonyl (C=O) groups is 1. The molecule has 2 aliphatic heterocycles. The molecule has 1 aliphatic carbocycles. The minimum atomic E-state index is -0.643. The van der Waals surface area contributed by atoms with Gasteiger partial charge in [0.1, 0.15) is 18.2 Å². The third-order valence-corrected chi connectivity index (χ3v) is 6.66. The Bertz CT molecular complexity index is 1010. The van der Waals surface area contributed by atoms with Gasteiger partial charge >= 0.3 is 0 Å². The second-order valence-electron chi connectivity index (χ2n) is 8.93. The number of amides is 1. The minimum Gasteiger partial charge on any atom is -0.388 e. The fourth-order valence-electron chi connectivity index (χ4n) is 5.38. The molecule has 1 amide bonds. The van der Waals surface area contributed by atoms with Gasteiger partial charge in [0.25, 0.3) is 0 Å². The second-order valence-corrected chi connectivity index (χ2v) is 8.93. The Morgan fingerprint density at radius 2 is 1.81 bits per heavy atom. The SMILES string of the molecule is CNc1nc(CO)nc2c1C1(CCCC1)C(=O)N2c1cnc(N2C[C@@H](C)O[C@@H](C)C2)nc1. The van der Waals surface area contributed by atoms with E-state index in [4.69, 9.17) is 4.74 Å². The van der Waals surface area contributed by atoms with Crippen LogP contribution in [0.15, 0.2) is 12.4 Å². The molecule has 2 aromatic heterocycles. The van der Waals surface area contributed by atoms with Gasteiger partial charge in [-0.05, 0) is 26.7 Å². The molecule has 10 heteroatoms. The van der Waals surface area contributed by atoms with Crippen molar-refractivity contribution in [3.8, 4) is 0 Å². The van der Waals surface area contributed by atoms with Gasteiger partial charge in [0.15, 0.2) is 5.82 Å². The van der Waals surface area contributed by atoms with Gasteiger partial charge in [-0.1, -0.05) is 12.8 Å². The van der Waals surface area contributed by atoms with Gasteiger partial charge in [-0.15, -0.1) is 0 Å². The third kappa shape index (κ3) is 3.20. The van der Waals surface area contributed by atoms with Crippen molar-refractivity contribution in [3.05, 3.63) is 23.8 Å². The molecule has 2 fully saturated rings. The molecule has 2 N–H and O–H groups in total. The number of nitrogens with one attached hydrogen (secondary N) is 1. The number of rotatable bonds is 4. The van der Waals surface area contributed by atoms with Crippen LogP contribution in [0.2, 0.25) is 0 Å². The topological polar surface area (TPSA) is 117 Å². The molecule has 10 nitrogen and oxygen atoms in total. The quantitative estimate of drug-likeness (QED) is 0.737. The third-order valence-electron chi connectivity index (χ3n) is 6.66. The lowest BCUT2D eigenvalue weighted by Gasteiger charge is -2.35. The monoisotopic (exact) mass is 439 g/mol. The largest absolute Gasteiger partial charge is 0.388 e. The number of aliphatic hydroxyl groups is 1. The highest BCUT2D eigenvalue weighted by molar-refractivity contribution is 6.13. The molecule has 2 aromatic rings. The molecular formula is C22H29N7O3. The van der Waals surface area contributed by atoms with E-state index in [2.05, 4.69) is 30.2 Å². The van der Waals surface area contributed by atoms with E-state index in [1.807, 2.05) is 13.8 Å². The van der Waals surface area contributed by atoms with Gasteiger partial charge in [0, 0.05) is 20.1 Å². The summed E-state index contributed by atoms with van der Waals surface area (Å²) in [7, 11) is 1.78. The highest BCUT2D eigenvalue weighted by Gasteiger charge is 2.55. The average Bonchev–Trinajstić information content (AvgIpc) is 3.37. The Morgan fingerprint density at radius 3 is 2.41 bits per heavy atom. The Kier molecular flexibility index (Phi) is 5.21. The Morgan fingerprint density at radius 1 is 1.16 bits per heavy atom. The molecule has 0 radical (unpaired) electrons. The molecule has 1 saturated carbocycles. The predicted octanol–water partition coefficient (Wildman–Crippen LogP) is 1.90. The first-order valence-corrected chi connectivity index (χ1v) is 11.2. The van der Waals surface area contributed by atoms with Gasteiger partial charge in [0.2, 0.25) is 11.9 Å². The molecule has 32 heavy (non-hydrogen) atoms. The number of carbonyl (C=O) groups excluding carboxylic acids is 1. The van der Waals surface area contributed by atoms with Crippen molar-refractivity contribution >= 4 is 29.2 Å². The Labute approximate surface area is 187 Å². The molecule has 1 spiro atoms. The molecule has 5 rings (SSSR count). The molecule has 4 heterocycles. The molecular weight excluding hydrogens is 410 g/mol. The van der Waals surface area contributed by atoms with Gasteiger partial charge in [-0.3, -0.25) is 9.69 Å². The second kappa shape index (κ2) is 7.93. The van der Waals surface area contributed by atoms with Crippen LogP contribution in [0.5, 0.6) is 0 Å². The van der Waals surface area contributed by atoms with E-state index in [9.17, 15) is 9.90 Å². The first-order chi connectivity index (χ1) is 15.5. The molecule has 3 aliphatic rings. The van der Waals surface area contributed by atoms with Crippen LogP contribution in [-0.4, -0.2) is 63.3 Å². The molecule has 0 bridgehead atoms. The Hall–Kier alpha value is -2.85. The lowest BCUT2D eigenvalue weighted by Crippen LogP contribution is -2.46. The van der Waals surface area contributed by atoms with Crippen LogP contribution in [0, 0.1) is 0 Å². The maximum atomic E-state index is 13.8. The molecule has 0 aromatic carbocycles. The normalized spacial score (nSPS) is 24.3. The van der Waals surface area contributed by atoms with Crippen LogP contribution in [0.3, 0.4) is 0 Å². The molecule has 170 valence electrons. The van der Waals surface area contributed by atoms with E-state index in [0.29, 0.717) is 23.3 Å². The molecule has 2 atom stereocenters. The van der Waals surface area contributed by atoms with Crippen LogP contribution in [0.25, 0.3) is 0 Å². The van der Waals surface area contributed by atoms with E-state index in [0.717, 1.165) is 44.3 Å². The van der Waals surface area contributed by atoms with Crippen LogP contribution < -0.4 is 15.1 Å². The van der Waals surface area contributed by atoms with Crippen molar-refractivity contribution in [2.45, 2.75) is 63.8 Å². The minimum absolute atomic E-state index is 0.0177. The summed E-state index contributed by atoms with van der Waals surface area (Å²) in [6.45, 7) is 5.21. The van der Waals surface area contributed by atoms with Crippen molar-refractivity contribution in [1.82, 2.24) is 19.9 Å². The number of hydrogen-bond donors (Lipinski definition) is 2. The Balaban J connectivity index is 1.55. The number of nitrogens with zero attached hydrogens (tertiary/aromatic N) is 6. The van der Waals surface area contributed by atoms with Gasteiger partial charge in [0.05, 0.1) is 41.3 Å². The zero-order valence-electron chi connectivity index (χ0n) is 18.7. The van der Waals surface area contributed by atoms with Crippen molar-refractivity contribution < 1.29 is 14.6 Å². The lowest BCUT2D eigenvalue weighted by molar-refractivity contribution is -0.122. The zero-order chi connectivity index (χ0) is 22.5. The summed E-state index contributed by atoms with van der Waals surface area (Å²) in [5.41, 5.74) is 0.748. The van der Waals surface area contributed by atoms with Gasteiger partial charge in [-0.2, -0.15) is 0 Å². The number of morpholine rings is 1. The van der Waals surface area contributed by atoms with E-state index in [1.54, 1.807) is 24.3 Å². The van der Waals surface area contributed by atoms with Crippen molar-refractivity contribution in [2.24, 2.45) is 0 Å². The smallest absolute Gasteiger partial charge is 0.243 e. The summed E-state index contributed by atoms with van der Waals surface area (Å²) in [5.74, 6) is 1.99. The van der Waals surface area contributed by atoms with Crippen molar-refractivity contribution in [1.29, 1.82) is 0 Å². The van der Waals surface area contributed by atoms with Crippen LogP contribution >= 0.6 is 0 Å². The fourth-order valence-corrected chi connectivity index (χ4v) is 5.38. The summed E-state index contributed by atoms with van der Waals surface area (Å²) in [6, 6.07) is 0. The zero-order valence-corrected chi connectivity index (χ0v) is 18.7. The predicted molar refractivity (Wildman–Crippen MR) is 119 cm³/mol. The van der Waals surface area contributed by atoms with E-state index in [-0.39, 0.29) is 30.5 Å². The maximum Gasteiger partial charge on any atom is 0.243 e. The number of anilines is 4. The van der Waals surface area contributed by atoms with E-state index >= 15 is 0 Å². The first-order valence-electron chi connectivity index (χ1n) is 11.2. The highest BCUT2D eigenvalue weighted by atomic mass is 16.5. The first kappa shape index (κ1) is 21.0. The molecule has 1 saturated heterocycles. The summed E-state index contributed by atoms with van der Waals surface area (Å²) < 4.78 is 5.80. The summed E-state index contributed by atoms with van der Waals surface area (Å²) in [5, 5.41) is 12.8. The number of hydrogen-bond acceptors (Lipinski definition) is 9. The highest BCUT2D eigenvalue weighted by Crippen LogP contribution is 2.54. The number of aliphatic hydroxyl groups excluding tert-OH is 1. The van der Waals surface area contributed by atoms with Gasteiger partial charge in [-0.25, -0.2) is 19.9 Å². The van der Waals surface area contributed by atoms with E-state index < -0.39 is 5.41 Å². The van der Waals surface area contributed by atoms with Crippen molar-refractivity contribution in [2.75, 3.05) is 35.3 Å². The van der Waals surface area contributed by atoms with Crippen LogP contribution in [0.4, 0.5) is 23.3 Å². The average molecular weight is 440 g/mol. The van der Waals surface area contributed by atoms with Crippen LogP contribution in [-0.2, 0) is 21.6 Å². The molecule has 0 unspecified atom stereocenters. The van der Waals surface area contributed by atoms with Crippen molar-refractivity contribution in [3.63, 3.8) is 0 Å².